The maximum atomic E-state index is 8.61. The Balaban J connectivity index is -0.0000000450. The van der Waals surface area contributed by atoms with Crippen LogP contribution in [0, 0.1) is 0 Å². The molecular weight excluding hydrogens is 195 g/mol. The molecule has 0 bridgehead atoms. The van der Waals surface area contributed by atoms with Gasteiger partial charge in [0.05, 0.1) is 0 Å². The fourth-order valence-corrected chi connectivity index (χ4v) is 0. The summed E-state index contributed by atoms with van der Waals surface area (Å²) in [7, 11) is 0. The Morgan fingerprint density at radius 1 is 1.17 bits per heavy atom. The number of quaternary nitrogens is 2. The van der Waals surface area contributed by atoms with E-state index in [9.17, 15) is 0 Å². The van der Waals surface area contributed by atoms with Crippen LogP contribution in [-0.2, 0) is 3.08 Å². The quantitative estimate of drug-likeness (QED) is 0.435. The van der Waals surface area contributed by atoms with Gasteiger partial charge in [-0.2, -0.15) is 0 Å². The molecule has 0 saturated heterocycles. The van der Waals surface area contributed by atoms with Gasteiger partial charge in [0.2, 0.25) is 0 Å². The van der Waals surface area contributed by atoms with Crippen LogP contribution in [0.2, 0.25) is 0 Å². The topological polar surface area (TPSA) is 136 Å². The van der Waals surface area contributed by atoms with Crippen molar-refractivity contribution in [3.05, 3.63) is 0 Å². The van der Waals surface area contributed by atoms with Crippen molar-refractivity contribution in [2.75, 3.05) is 0 Å². The predicted octanol–water partition coefficient (Wildman–Crippen LogP) is -2.13. The van der Waals surface area contributed by atoms with Crippen molar-refractivity contribution in [1.29, 1.82) is 0 Å². The molecule has 0 unspecified atom stereocenters. The number of hydrogen-bond donors (Lipinski definition) is 2. The Bertz CT molecular complexity index is 31.8. The Morgan fingerprint density at radius 3 is 1.17 bits per heavy atom. The molecule has 0 fully saturated rings. The van der Waals surface area contributed by atoms with Crippen LogP contribution >= 0.6 is 0 Å². The molecule has 0 spiro atoms. The Labute approximate surface area is 43.4 Å². The first-order valence-corrected chi connectivity index (χ1v) is 4.11. The SMILES string of the molecule is [NH4+].[NH4+].[O]=[Sn]([O-])[O-]. The molecule has 0 aliphatic heterocycles. The van der Waals surface area contributed by atoms with Crippen molar-refractivity contribution < 1.29 is 9.96 Å². The van der Waals surface area contributed by atoms with Crippen molar-refractivity contribution in [2.24, 2.45) is 0 Å². The van der Waals surface area contributed by atoms with Gasteiger partial charge in [0.25, 0.3) is 0 Å². The molecular formula is H8N2O3Sn. The summed E-state index contributed by atoms with van der Waals surface area (Å²) >= 11 is -4.29. The molecule has 0 aromatic heterocycles. The van der Waals surface area contributed by atoms with E-state index in [1.54, 1.807) is 0 Å². The van der Waals surface area contributed by atoms with Gasteiger partial charge in [-0.1, -0.05) is 0 Å². The second-order valence-corrected chi connectivity index (χ2v) is 1.68. The van der Waals surface area contributed by atoms with Gasteiger partial charge in [-0.3, -0.25) is 0 Å². The van der Waals surface area contributed by atoms with Crippen LogP contribution in [0.1, 0.15) is 0 Å². The van der Waals surface area contributed by atoms with E-state index in [1.807, 2.05) is 0 Å². The summed E-state index contributed by atoms with van der Waals surface area (Å²) in [5.74, 6) is 0. The van der Waals surface area contributed by atoms with Crippen molar-refractivity contribution in [1.82, 2.24) is 12.3 Å². The minimum absolute atomic E-state index is 0. The van der Waals surface area contributed by atoms with Gasteiger partial charge in [-0.05, 0) is 0 Å². The van der Waals surface area contributed by atoms with E-state index < -0.39 is 20.6 Å². The van der Waals surface area contributed by atoms with Gasteiger partial charge >= 0.3 is 30.5 Å². The van der Waals surface area contributed by atoms with Crippen LogP contribution < -0.4 is 19.2 Å². The zero-order valence-electron chi connectivity index (χ0n) is 3.72. The molecule has 6 heavy (non-hydrogen) atoms. The monoisotopic (exact) mass is 204 g/mol. The molecule has 5 nitrogen and oxygen atoms in total. The summed E-state index contributed by atoms with van der Waals surface area (Å²) in [5, 5.41) is 0. The third-order valence-electron chi connectivity index (χ3n) is 0. The molecule has 0 heterocycles. The van der Waals surface area contributed by atoms with Crippen LogP contribution in [0.5, 0.6) is 0 Å². The van der Waals surface area contributed by atoms with E-state index in [0.717, 1.165) is 0 Å². The standard InChI is InChI=1S/2H3N.3O.Sn/h2*1H3;;;;/q;;;2*-1;/p+2. The third-order valence-corrected chi connectivity index (χ3v) is 0. The Hall–Kier alpha value is 0.439. The van der Waals surface area contributed by atoms with Gasteiger partial charge in [0, 0.05) is 0 Å². The third kappa shape index (κ3) is 273. The summed E-state index contributed by atoms with van der Waals surface area (Å²) in [6.07, 6.45) is 0. The average molecular weight is 203 g/mol. The molecule has 0 aliphatic carbocycles. The van der Waals surface area contributed by atoms with Gasteiger partial charge in [0.15, 0.2) is 0 Å². The molecule has 0 amide bonds. The molecule has 40 valence electrons. The summed E-state index contributed by atoms with van der Waals surface area (Å²) < 4.78 is 25.8. The summed E-state index contributed by atoms with van der Waals surface area (Å²) in [4.78, 5) is 0. The second-order valence-electron chi connectivity index (χ2n) is 0.250. The van der Waals surface area contributed by atoms with Crippen LogP contribution in [0.4, 0.5) is 0 Å². The fraction of sp³-hybridized carbons (Fsp3) is 0. The van der Waals surface area contributed by atoms with E-state index in [4.69, 9.17) is 9.96 Å². The van der Waals surface area contributed by atoms with Crippen LogP contribution in [-0.4, -0.2) is 20.6 Å². The molecule has 0 radical (unpaired) electrons. The first-order valence-electron chi connectivity index (χ1n) is 0.612. The maximum absolute atomic E-state index is 8.61. The van der Waals surface area contributed by atoms with Crippen molar-refractivity contribution >= 4 is 20.6 Å². The van der Waals surface area contributed by atoms with Gasteiger partial charge in [-0.15, -0.1) is 0 Å². The van der Waals surface area contributed by atoms with Crippen LogP contribution in [0.15, 0.2) is 0 Å². The van der Waals surface area contributed by atoms with Crippen molar-refractivity contribution in [3.8, 4) is 0 Å². The first-order chi connectivity index (χ1) is 1.73. The van der Waals surface area contributed by atoms with Gasteiger partial charge in [-0.25, -0.2) is 0 Å². The summed E-state index contributed by atoms with van der Waals surface area (Å²) in [6, 6.07) is 0. The van der Waals surface area contributed by atoms with E-state index in [2.05, 4.69) is 0 Å². The van der Waals surface area contributed by atoms with E-state index in [1.165, 1.54) is 0 Å². The molecule has 0 aromatic carbocycles. The fourth-order valence-electron chi connectivity index (χ4n) is 0. The molecule has 6 heteroatoms. The zero-order valence-corrected chi connectivity index (χ0v) is 6.58. The van der Waals surface area contributed by atoms with E-state index >= 15 is 0 Å². The normalized spacial score (nSPS) is 4.33. The molecule has 0 saturated carbocycles. The molecule has 0 aliphatic rings. The Kier molecular flexibility index (Phi) is 24.3. The van der Waals surface area contributed by atoms with Crippen LogP contribution in [0.25, 0.3) is 0 Å². The number of rotatable bonds is 0. The minimum atomic E-state index is -4.29. The molecule has 0 rings (SSSR count). The summed E-state index contributed by atoms with van der Waals surface area (Å²) in [5.41, 5.74) is 0. The van der Waals surface area contributed by atoms with Gasteiger partial charge < -0.3 is 12.3 Å². The predicted molar refractivity (Wildman–Crippen MR) is 18.4 cm³/mol. The van der Waals surface area contributed by atoms with Crippen molar-refractivity contribution in [2.45, 2.75) is 0 Å². The molecule has 0 atom stereocenters. The van der Waals surface area contributed by atoms with Gasteiger partial charge in [0.1, 0.15) is 0 Å². The average Bonchev–Trinajstić information content (AvgIpc) is 0.811. The molecule has 8 N–H and O–H groups in total. The second kappa shape index (κ2) is 9.06. The van der Waals surface area contributed by atoms with Crippen molar-refractivity contribution in [3.63, 3.8) is 0 Å². The van der Waals surface area contributed by atoms with Crippen LogP contribution in [0.3, 0.4) is 0 Å². The summed E-state index contributed by atoms with van der Waals surface area (Å²) in [6.45, 7) is 0. The van der Waals surface area contributed by atoms with E-state index in [-0.39, 0.29) is 12.3 Å². The van der Waals surface area contributed by atoms with E-state index in [0.29, 0.717) is 0 Å². The molecule has 0 aromatic rings. The zero-order chi connectivity index (χ0) is 3.58. The Morgan fingerprint density at radius 2 is 1.17 bits per heavy atom. The number of hydrogen-bond acceptors (Lipinski definition) is 3. The first kappa shape index (κ1) is 16.1.